The smallest absolute Gasteiger partial charge is 0.269 e. The van der Waals surface area contributed by atoms with Crippen molar-refractivity contribution in [2.75, 3.05) is 6.54 Å². The molecule has 0 fully saturated rings. The molecule has 0 spiro atoms. The fourth-order valence-corrected chi connectivity index (χ4v) is 4.58. The molecule has 9 nitrogen and oxygen atoms in total. The van der Waals surface area contributed by atoms with Crippen molar-refractivity contribution in [3.05, 3.63) is 91.2 Å². The predicted octanol–water partition coefficient (Wildman–Crippen LogP) is 6.44. The van der Waals surface area contributed by atoms with Gasteiger partial charge in [-0.05, 0) is 46.3 Å². The summed E-state index contributed by atoms with van der Waals surface area (Å²) in [4.78, 5) is 32.4. The van der Waals surface area contributed by atoms with E-state index in [1.54, 1.807) is 12.1 Å². The van der Waals surface area contributed by atoms with Crippen LogP contribution >= 0.6 is 11.3 Å². The molecule has 2 aromatic carbocycles. The van der Waals surface area contributed by atoms with Crippen LogP contribution in [0, 0.1) is 10.1 Å². The van der Waals surface area contributed by atoms with Gasteiger partial charge in [-0.25, -0.2) is 4.98 Å². The summed E-state index contributed by atoms with van der Waals surface area (Å²) in [6.07, 6.45) is 0. The van der Waals surface area contributed by atoms with Crippen molar-refractivity contribution < 1.29 is 9.72 Å². The van der Waals surface area contributed by atoms with Gasteiger partial charge in [-0.15, -0.1) is 11.3 Å². The summed E-state index contributed by atoms with van der Waals surface area (Å²) >= 11 is 1.26. The SMILES string of the molecule is CC(C)(C)c1ccc2nc3sc(C(=O)NC(CN=[N+]=[N-])c4cccc([N+](=O)[O-])c4)cc3cc2c1. The number of pyridine rings is 1. The van der Waals surface area contributed by atoms with Crippen LogP contribution in [0.25, 0.3) is 31.6 Å². The Morgan fingerprint density at radius 3 is 2.71 bits per heavy atom. The number of rotatable bonds is 6. The van der Waals surface area contributed by atoms with E-state index in [0.717, 1.165) is 21.1 Å². The summed E-state index contributed by atoms with van der Waals surface area (Å²) in [5.41, 5.74) is 11.2. The van der Waals surface area contributed by atoms with Crippen LogP contribution in [0.15, 0.2) is 59.7 Å². The Labute approximate surface area is 199 Å². The van der Waals surface area contributed by atoms with E-state index in [4.69, 9.17) is 10.5 Å². The second kappa shape index (κ2) is 9.09. The standard InChI is InChI=1S/C24H22N6O3S/c1-24(2,3)17-7-8-19-15(10-17)9-16-12-21(34-23(16)28-19)22(31)27-20(13-26-29-25)14-5-4-6-18(11-14)30(32)33/h4-12,20H,13H2,1-3H3,(H,27,31). The number of nitrogens with one attached hydrogen (secondary N) is 1. The maximum atomic E-state index is 13.1. The molecule has 2 aromatic heterocycles. The van der Waals surface area contributed by atoms with Gasteiger partial charge in [0.1, 0.15) is 4.83 Å². The van der Waals surface area contributed by atoms with Crippen molar-refractivity contribution >= 4 is 44.1 Å². The lowest BCUT2D eigenvalue weighted by molar-refractivity contribution is -0.384. The Kier molecular flexibility index (Phi) is 6.19. The van der Waals surface area contributed by atoms with Gasteiger partial charge in [0.05, 0.1) is 27.9 Å². The Hall–Kier alpha value is -4.01. The molecule has 4 rings (SSSR count). The first kappa shape index (κ1) is 23.2. The number of aromatic nitrogens is 1. The molecule has 1 unspecified atom stereocenters. The summed E-state index contributed by atoms with van der Waals surface area (Å²) in [6, 6.07) is 15.2. The number of amides is 1. The minimum absolute atomic E-state index is 0.0102. The fourth-order valence-electron chi connectivity index (χ4n) is 3.65. The number of nitro groups is 1. The molecule has 2 heterocycles. The van der Waals surface area contributed by atoms with Crippen molar-refractivity contribution in [1.82, 2.24) is 10.3 Å². The molecular formula is C24H22N6O3S. The third kappa shape index (κ3) is 4.83. The molecule has 4 aromatic rings. The minimum atomic E-state index is -0.713. The molecule has 0 radical (unpaired) electrons. The van der Waals surface area contributed by atoms with Gasteiger partial charge < -0.3 is 5.32 Å². The molecule has 0 saturated carbocycles. The highest BCUT2D eigenvalue weighted by molar-refractivity contribution is 7.20. The van der Waals surface area contributed by atoms with E-state index in [2.05, 4.69) is 48.2 Å². The lowest BCUT2D eigenvalue weighted by Crippen LogP contribution is -2.29. The maximum Gasteiger partial charge on any atom is 0.269 e. The molecule has 1 N–H and O–H groups in total. The summed E-state index contributed by atoms with van der Waals surface area (Å²) in [5.74, 6) is -0.368. The van der Waals surface area contributed by atoms with Gasteiger partial charge in [0.15, 0.2) is 0 Å². The zero-order valence-corrected chi connectivity index (χ0v) is 19.7. The number of carbonyl (C=O) groups is 1. The second-order valence-corrected chi connectivity index (χ2v) is 9.97. The summed E-state index contributed by atoms with van der Waals surface area (Å²) < 4.78 is 0. The van der Waals surface area contributed by atoms with Crippen molar-refractivity contribution in [1.29, 1.82) is 0 Å². The number of hydrogen-bond donors (Lipinski definition) is 1. The van der Waals surface area contributed by atoms with Gasteiger partial charge >= 0.3 is 0 Å². The van der Waals surface area contributed by atoms with Crippen molar-refractivity contribution in [2.24, 2.45) is 5.11 Å². The van der Waals surface area contributed by atoms with Gasteiger partial charge in [0.25, 0.3) is 11.6 Å². The molecule has 0 bridgehead atoms. The summed E-state index contributed by atoms with van der Waals surface area (Å²) in [7, 11) is 0. The third-order valence-corrected chi connectivity index (χ3v) is 6.55. The number of fused-ring (bicyclic) bond motifs is 2. The molecule has 1 amide bonds. The van der Waals surface area contributed by atoms with Crippen LogP contribution in [-0.4, -0.2) is 22.4 Å². The first-order chi connectivity index (χ1) is 16.2. The first-order valence-electron chi connectivity index (χ1n) is 10.6. The number of non-ortho nitro benzene ring substituents is 1. The zero-order valence-electron chi connectivity index (χ0n) is 18.8. The van der Waals surface area contributed by atoms with E-state index < -0.39 is 11.0 Å². The lowest BCUT2D eigenvalue weighted by Gasteiger charge is -2.19. The summed E-state index contributed by atoms with van der Waals surface area (Å²) in [5, 5.41) is 19.4. The zero-order chi connectivity index (χ0) is 24.5. The highest BCUT2D eigenvalue weighted by Crippen LogP contribution is 2.31. The average Bonchev–Trinajstić information content (AvgIpc) is 3.22. The van der Waals surface area contributed by atoms with E-state index in [0.29, 0.717) is 10.4 Å². The van der Waals surface area contributed by atoms with E-state index in [1.807, 2.05) is 12.1 Å². The van der Waals surface area contributed by atoms with Gasteiger partial charge in [-0.3, -0.25) is 14.9 Å². The van der Waals surface area contributed by atoms with Crippen LogP contribution in [0.5, 0.6) is 0 Å². The first-order valence-corrected chi connectivity index (χ1v) is 11.4. The number of nitro benzene ring substituents is 1. The maximum absolute atomic E-state index is 13.1. The fraction of sp³-hybridized carbons (Fsp3) is 0.250. The average molecular weight is 475 g/mol. The monoisotopic (exact) mass is 474 g/mol. The highest BCUT2D eigenvalue weighted by Gasteiger charge is 2.20. The van der Waals surface area contributed by atoms with Gasteiger partial charge in [-0.2, -0.15) is 0 Å². The Morgan fingerprint density at radius 1 is 1.21 bits per heavy atom. The van der Waals surface area contributed by atoms with E-state index in [-0.39, 0.29) is 23.6 Å². The van der Waals surface area contributed by atoms with Crippen molar-refractivity contribution in [2.45, 2.75) is 32.2 Å². The lowest BCUT2D eigenvalue weighted by atomic mass is 9.86. The van der Waals surface area contributed by atoms with Crippen LogP contribution in [0.4, 0.5) is 5.69 Å². The second-order valence-electron chi connectivity index (χ2n) is 8.94. The molecule has 10 heteroatoms. The number of azide groups is 1. The van der Waals surface area contributed by atoms with Crippen LogP contribution in [-0.2, 0) is 5.41 Å². The van der Waals surface area contributed by atoms with Gasteiger partial charge in [-0.1, -0.05) is 44.1 Å². The van der Waals surface area contributed by atoms with Gasteiger partial charge in [0.2, 0.25) is 0 Å². The van der Waals surface area contributed by atoms with E-state index in [9.17, 15) is 14.9 Å². The van der Waals surface area contributed by atoms with Crippen LogP contribution < -0.4 is 5.32 Å². The highest BCUT2D eigenvalue weighted by atomic mass is 32.1. The molecule has 0 aliphatic carbocycles. The molecule has 1 atom stereocenters. The number of hydrogen-bond acceptors (Lipinski definition) is 6. The normalized spacial score (nSPS) is 12.3. The molecule has 172 valence electrons. The molecule has 34 heavy (non-hydrogen) atoms. The molecule has 0 aliphatic heterocycles. The molecular weight excluding hydrogens is 452 g/mol. The van der Waals surface area contributed by atoms with Crippen molar-refractivity contribution in [3.8, 4) is 0 Å². The largest absolute Gasteiger partial charge is 0.344 e. The third-order valence-electron chi connectivity index (χ3n) is 5.51. The Bertz CT molecular complexity index is 1470. The number of carbonyl (C=O) groups excluding carboxylic acids is 1. The Morgan fingerprint density at radius 2 is 2.00 bits per heavy atom. The van der Waals surface area contributed by atoms with E-state index >= 15 is 0 Å². The quantitative estimate of drug-likeness (QED) is 0.113. The summed E-state index contributed by atoms with van der Waals surface area (Å²) in [6.45, 7) is 6.38. The Balaban J connectivity index is 1.66. The van der Waals surface area contributed by atoms with E-state index in [1.165, 1.54) is 35.1 Å². The number of nitrogens with zero attached hydrogens (tertiary/aromatic N) is 5. The van der Waals surface area contributed by atoms with Crippen LogP contribution in [0.2, 0.25) is 0 Å². The number of thiophene rings is 1. The van der Waals surface area contributed by atoms with Crippen molar-refractivity contribution in [3.63, 3.8) is 0 Å². The van der Waals surface area contributed by atoms with Gasteiger partial charge in [0, 0.05) is 27.8 Å². The van der Waals surface area contributed by atoms with Crippen LogP contribution in [0.1, 0.15) is 47.6 Å². The van der Waals surface area contributed by atoms with Crippen LogP contribution in [0.3, 0.4) is 0 Å². The molecule has 0 aliphatic rings. The number of benzene rings is 2. The topological polar surface area (TPSA) is 134 Å². The minimum Gasteiger partial charge on any atom is -0.344 e. The predicted molar refractivity (Wildman–Crippen MR) is 133 cm³/mol. The molecule has 0 saturated heterocycles.